The van der Waals surface area contributed by atoms with Gasteiger partial charge in [0, 0.05) is 6.42 Å². The second kappa shape index (κ2) is 5.41. The van der Waals surface area contributed by atoms with Gasteiger partial charge < -0.3 is 8.98 Å². The van der Waals surface area contributed by atoms with Crippen LogP contribution in [0.1, 0.15) is 28.9 Å². The Balaban J connectivity index is 1.97. The fourth-order valence-electron chi connectivity index (χ4n) is 2.39. The third-order valence-corrected chi connectivity index (χ3v) is 3.41. The Morgan fingerprint density at radius 2 is 2.24 bits per heavy atom. The third-order valence-electron chi connectivity index (χ3n) is 3.41. The van der Waals surface area contributed by atoms with Crippen molar-refractivity contribution < 1.29 is 9.21 Å². The molecule has 3 rings (SSSR count). The molecule has 0 aliphatic rings. The molecule has 6 nitrogen and oxygen atoms in total. The number of furan rings is 1. The first kappa shape index (κ1) is 13.4. The fourth-order valence-corrected chi connectivity index (χ4v) is 2.39. The van der Waals surface area contributed by atoms with E-state index in [0.29, 0.717) is 17.9 Å². The van der Waals surface area contributed by atoms with Crippen LogP contribution in [0.15, 0.2) is 41.0 Å². The van der Waals surface area contributed by atoms with Gasteiger partial charge in [-0.3, -0.25) is 10.2 Å². The zero-order chi connectivity index (χ0) is 14.8. The lowest BCUT2D eigenvalue weighted by atomic mass is 10.3. The Morgan fingerprint density at radius 3 is 3.00 bits per heavy atom. The molecule has 6 heteroatoms. The van der Waals surface area contributed by atoms with Crippen molar-refractivity contribution in [3.63, 3.8) is 0 Å². The van der Waals surface area contributed by atoms with Gasteiger partial charge in [0.2, 0.25) is 0 Å². The first-order chi connectivity index (χ1) is 10.2. The Bertz CT molecular complexity index is 788. The highest BCUT2D eigenvalue weighted by molar-refractivity contribution is 5.93. The van der Waals surface area contributed by atoms with Crippen molar-refractivity contribution in [1.82, 2.24) is 15.0 Å². The Labute approximate surface area is 121 Å². The van der Waals surface area contributed by atoms with E-state index < -0.39 is 0 Å². The highest BCUT2D eigenvalue weighted by atomic mass is 16.3. The Hall–Kier alpha value is -2.60. The number of nitrogens with two attached hydrogens (primary N) is 1. The molecule has 0 aliphatic heterocycles. The number of hydrogen-bond donors (Lipinski definition) is 2. The zero-order valence-electron chi connectivity index (χ0n) is 11.7. The minimum atomic E-state index is -0.365. The molecule has 1 amide bonds. The van der Waals surface area contributed by atoms with E-state index in [-0.39, 0.29) is 5.91 Å². The van der Waals surface area contributed by atoms with E-state index in [0.717, 1.165) is 23.3 Å². The number of nitrogen functional groups attached to an aromatic ring is 1. The van der Waals surface area contributed by atoms with Crippen LogP contribution in [-0.4, -0.2) is 15.5 Å². The summed E-state index contributed by atoms with van der Waals surface area (Å²) in [6.07, 6.45) is 2.23. The number of rotatable bonds is 4. The van der Waals surface area contributed by atoms with E-state index in [1.54, 1.807) is 6.07 Å². The molecule has 0 saturated heterocycles. The number of benzene rings is 1. The van der Waals surface area contributed by atoms with Crippen LogP contribution in [0.25, 0.3) is 11.0 Å². The number of amides is 1. The van der Waals surface area contributed by atoms with Gasteiger partial charge in [0.25, 0.3) is 5.91 Å². The number of carbonyl (C=O) groups is 1. The van der Waals surface area contributed by atoms with Gasteiger partial charge in [0.05, 0.1) is 23.1 Å². The third kappa shape index (κ3) is 2.41. The van der Waals surface area contributed by atoms with Gasteiger partial charge in [-0.05, 0) is 18.2 Å². The molecule has 1 aromatic carbocycles. The number of imidazole rings is 1. The van der Waals surface area contributed by atoms with E-state index >= 15 is 0 Å². The number of carbonyl (C=O) groups excluding carboxylic acids is 1. The maximum Gasteiger partial charge on any atom is 0.268 e. The minimum Gasteiger partial charge on any atom is -0.467 e. The molecule has 0 radical (unpaired) electrons. The first-order valence-electron chi connectivity index (χ1n) is 6.75. The lowest BCUT2D eigenvalue weighted by Crippen LogP contribution is -2.29. The smallest absolute Gasteiger partial charge is 0.268 e. The van der Waals surface area contributed by atoms with E-state index in [4.69, 9.17) is 10.3 Å². The normalized spacial score (nSPS) is 11.0. The average Bonchev–Trinajstić information content (AvgIpc) is 3.12. The van der Waals surface area contributed by atoms with Gasteiger partial charge in [-0.25, -0.2) is 10.8 Å². The number of fused-ring (bicyclic) bond motifs is 1. The second-order valence-corrected chi connectivity index (χ2v) is 4.73. The summed E-state index contributed by atoms with van der Waals surface area (Å²) in [6.45, 7) is 2.59. The molecular weight excluding hydrogens is 268 g/mol. The molecule has 3 aromatic rings. The molecule has 2 heterocycles. The van der Waals surface area contributed by atoms with Gasteiger partial charge in [0.15, 0.2) is 0 Å². The molecule has 0 bridgehead atoms. The lowest BCUT2D eigenvalue weighted by Gasteiger charge is -2.05. The van der Waals surface area contributed by atoms with Gasteiger partial charge >= 0.3 is 0 Å². The van der Waals surface area contributed by atoms with Crippen LogP contribution in [0.3, 0.4) is 0 Å². The Kier molecular flexibility index (Phi) is 3.45. The van der Waals surface area contributed by atoms with Crippen molar-refractivity contribution in [2.24, 2.45) is 5.84 Å². The Morgan fingerprint density at radius 1 is 1.43 bits per heavy atom. The van der Waals surface area contributed by atoms with Gasteiger partial charge in [-0.2, -0.15) is 0 Å². The molecule has 0 aliphatic carbocycles. The number of nitrogens with one attached hydrogen (secondary N) is 1. The summed E-state index contributed by atoms with van der Waals surface area (Å²) in [5.74, 6) is 6.42. The van der Waals surface area contributed by atoms with Crippen molar-refractivity contribution in [3.8, 4) is 0 Å². The van der Waals surface area contributed by atoms with E-state index in [1.807, 2.05) is 24.3 Å². The minimum absolute atomic E-state index is 0.365. The van der Waals surface area contributed by atoms with Gasteiger partial charge in [0.1, 0.15) is 17.8 Å². The number of para-hydroxylation sites is 2. The summed E-state index contributed by atoms with van der Waals surface area (Å²) in [6, 6.07) is 9.65. The summed E-state index contributed by atoms with van der Waals surface area (Å²) in [5, 5.41) is 0. The van der Waals surface area contributed by atoms with Crippen LogP contribution in [0.5, 0.6) is 0 Å². The summed E-state index contributed by atoms with van der Waals surface area (Å²) in [4.78, 5) is 16.1. The van der Waals surface area contributed by atoms with Gasteiger partial charge in [-0.1, -0.05) is 19.1 Å². The number of nitrogens with zero attached hydrogens (tertiary/aromatic N) is 2. The first-order valence-corrected chi connectivity index (χ1v) is 6.75. The maximum atomic E-state index is 11.4. The van der Waals surface area contributed by atoms with Crippen LogP contribution < -0.4 is 11.3 Å². The van der Waals surface area contributed by atoms with Crippen molar-refractivity contribution >= 4 is 16.9 Å². The van der Waals surface area contributed by atoms with Crippen LogP contribution in [0.4, 0.5) is 0 Å². The lowest BCUT2D eigenvalue weighted by molar-refractivity contribution is 0.0953. The molecular formula is C15H16N4O2. The number of aryl methyl sites for hydroxylation is 1. The number of aromatic nitrogens is 2. The molecule has 0 saturated carbocycles. The van der Waals surface area contributed by atoms with Crippen LogP contribution >= 0.6 is 0 Å². The highest BCUT2D eigenvalue weighted by Crippen LogP contribution is 2.19. The molecule has 0 unspecified atom stereocenters. The van der Waals surface area contributed by atoms with E-state index in [2.05, 4.69) is 21.9 Å². The predicted octanol–water partition coefficient (Wildman–Crippen LogP) is 1.84. The summed E-state index contributed by atoms with van der Waals surface area (Å²) in [7, 11) is 0. The molecule has 21 heavy (non-hydrogen) atoms. The van der Waals surface area contributed by atoms with Crippen LogP contribution in [-0.2, 0) is 13.0 Å². The van der Waals surface area contributed by atoms with Crippen molar-refractivity contribution in [2.45, 2.75) is 19.9 Å². The summed E-state index contributed by atoms with van der Waals surface area (Å²) < 4.78 is 7.54. The van der Waals surface area contributed by atoms with Gasteiger partial charge in [-0.15, -0.1) is 0 Å². The van der Waals surface area contributed by atoms with Crippen molar-refractivity contribution in [2.75, 3.05) is 0 Å². The quantitative estimate of drug-likeness (QED) is 0.435. The summed E-state index contributed by atoms with van der Waals surface area (Å²) >= 11 is 0. The standard InChI is InChI=1S/C15H16N4O2/c1-2-14-17-12-5-3-4-6-13(12)19(14)8-11-7-10(9-21-11)15(20)18-16/h3-7,9H,2,8,16H2,1H3,(H,18,20). The molecule has 108 valence electrons. The largest absolute Gasteiger partial charge is 0.467 e. The zero-order valence-corrected chi connectivity index (χ0v) is 11.7. The van der Waals surface area contributed by atoms with Crippen LogP contribution in [0, 0.1) is 0 Å². The van der Waals surface area contributed by atoms with Crippen molar-refractivity contribution in [3.05, 3.63) is 53.7 Å². The molecule has 0 spiro atoms. The molecule has 3 N–H and O–H groups in total. The van der Waals surface area contributed by atoms with Crippen LogP contribution in [0.2, 0.25) is 0 Å². The molecule has 0 atom stereocenters. The van der Waals surface area contributed by atoms with Crippen molar-refractivity contribution in [1.29, 1.82) is 0 Å². The highest BCUT2D eigenvalue weighted by Gasteiger charge is 2.13. The SMILES string of the molecule is CCc1nc2ccccc2n1Cc1cc(C(=O)NN)co1. The predicted molar refractivity (Wildman–Crippen MR) is 78.6 cm³/mol. The summed E-state index contributed by atoms with van der Waals surface area (Å²) in [5.41, 5.74) is 4.51. The monoisotopic (exact) mass is 284 g/mol. The number of hydrogen-bond acceptors (Lipinski definition) is 4. The maximum absolute atomic E-state index is 11.4. The molecule has 2 aromatic heterocycles. The topological polar surface area (TPSA) is 86.1 Å². The average molecular weight is 284 g/mol. The molecule has 0 fully saturated rings. The second-order valence-electron chi connectivity index (χ2n) is 4.73. The number of hydrazine groups is 1. The fraction of sp³-hybridized carbons (Fsp3) is 0.200. The van der Waals surface area contributed by atoms with E-state index in [1.165, 1.54) is 6.26 Å². The van der Waals surface area contributed by atoms with E-state index in [9.17, 15) is 4.79 Å².